The van der Waals surface area contributed by atoms with Crippen LogP contribution in [0.5, 0.6) is 0 Å². The van der Waals surface area contributed by atoms with Crippen LogP contribution in [0.1, 0.15) is 50.4 Å². The van der Waals surface area contributed by atoms with Gasteiger partial charge < -0.3 is 10.1 Å². The van der Waals surface area contributed by atoms with Crippen molar-refractivity contribution >= 4 is 33.5 Å². The monoisotopic (exact) mass is 354 g/mol. The molecule has 1 aliphatic rings. The molecule has 114 valence electrons. The number of anilines is 1. The van der Waals surface area contributed by atoms with Crippen molar-refractivity contribution in [1.82, 2.24) is 4.98 Å². The average Bonchev–Trinajstić information content (AvgIpc) is 3.12. The molecule has 0 atom stereocenters. The highest BCUT2D eigenvalue weighted by atomic mass is 79.9. The van der Waals surface area contributed by atoms with E-state index in [0.29, 0.717) is 21.9 Å². The van der Waals surface area contributed by atoms with Crippen LogP contribution in [0.25, 0.3) is 0 Å². The van der Waals surface area contributed by atoms with E-state index in [2.05, 4.69) is 26.2 Å². The molecule has 21 heavy (non-hydrogen) atoms. The van der Waals surface area contributed by atoms with Gasteiger partial charge in [0.25, 0.3) is 0 Å². The van der Waals surface area contributed by atoms with E-state index in [1.807, 2.05) is 0 Å². The zero-order chi connectivity index (χ0) is 15.6. The number of ether oxygens (including phenoxy) is 1. The molecule has 6 heteroatoms. The molecule has 0 radical (unpaired) electrons. The minimum atomic E-state index is -0.595. The first kappa shape index (κ1) is 15.9. The number of Topliss-reactive ketones (excluding diaryl/α,β-unsaturated/α-hetero) is 1. The molecule has 1 heterocycles. The molecule has 0 aliphatic heterocycles. The first-order valence-corrected chi connectivity index (χ1v) is 7.71. The zero-order valence-corrected chi connectivity index (χ0v) is 14.0. The number of hydrogen-bond acceptors (Lipinski definition) is 5. The minimum Gasteiger partial charge on any atom is -0.460 e. The van der Waals surface area contributed by atoms with Gasteiger partial charge in [0.2, 0.25) is 0 Å². The lowest BCUT2D eigenvalue weighted by Gasteiger charge is -2.19. The summed E-state index contributed by atoms with van der Waals surface area (Å²) in [6, 6.07) is 2.07. The van der Waals surface area contributed by atoms with E-state index >= 15 is 0 Å². The zero-order valence-electron chi connectivity index (χ0n) is 12.4. The van der Waals surface area contributed by atoms with E-state index in [0.717, 1.165) is 12.8 Å². The molecule has 1 saturated carbocycles. The van der Waals surface area contributed by atoms with Crippen LogP contribution < -0.4 is 5.32 Å². The summed E-state index contributed by atoms with van der Waals surface area (Å²) in [5, 5.41) is 3.21. The summed E-state index contributed by atoms with van der Waals surface area (Å²) in [4.78, 5) is 28.3. The highest BCUT2D eigenvalue weighted by molar-refractivity contribution is 9.10. The fourth-order valence-electron chi connectivity index (χ4n) is 1.79. The Morgan fingerprint density at radius 1 is 1.43 bits per heavy atom. The van der Waals surface area contributed by atoms with Crippen LogP contribution in [0.2, 0.25) is 0 Å². The summed E-state index contributed by atoms with van der Waals surface area (Å²) in [5.41, 5.74) is -0.177. The maximum absolute atomic E-state index is 12.3. The van der Waals surface area contributed by atoms with Crippen LogP contribution in [0.4, 0.5) is 5.82 Å². The average molecular weight is 355 g/mol. The molecule has 5 nitrogen and oxygen atoms in total. The van der Waals surface area contributed by atoms with E-state index < -0.39 is 11.6 Å². The summed E-state index contributed by atoms with van der Waals surface area (Å²) in [6.07, 6.45) is 3.51. The second kappa shape index (κ2) is 6.13. The Kier molecular flexibility index (Phi) is 4.66. The standard InChI is InChI=1S/C15H19BrN2O3/c1-15(2,3)21-13(20)7-12(19)11-6-9(16)8-17-14(11)18-10-4-5-10/h6,8,10H,4-5,7H2,1-3H3,(H,17,18). The van der Waals surface area contributed by atoms with Gasteiger partial charge in [-0.1, -0.05) is 0 Å². The van der Waals surface area contributed by atoms with Gasteiger partial charge in [0.05, 0.1) is 5.56 Å². The van der Waals surface area contributed by atoms with Crippen LogP contribution in [-0.2, 0) is 9.53 Å². The lowest BCUT2D eigenvalue weighted by Crippen LogP contribution is -2.25. The normalized spacial score (nSPS) is 14.7. The third-order valence-electron chi connectivity index (χ3n) is 2.80. The maximum Gasteiger partial charge on any atom is 0.314 e. The van der Waals surface area contributed by atoms with E-state index in [4.69, 9.17) is 4.74 Å². The second-order valence-electron chi connectivity index (χ2n) is 6.15. The number of pyridine rings is 1. The Morgan fingerprint density at radius 2 is 2.10 bits per heavy atom. The van der Waals surface area contributed by atoms with Crippen molar-refractivity contribution in [1.29, 1.82) is 0 Å². The number of nitrogens with zero attached hydrogens (tertiary/aromatic N) is 1. The Hall–Kier alpha value is -1.43. The fourth-order valence-corrected chi connectivity index (χ4v) is 2.12. The quantitative estimate of drug-likeness (QED) is 0.499. The molecule has 1 aromatic rings. The molecular weight excluding hydrogens is 336 g/mol. The van der Waals surface area contributed by atoms with Gasteiger partial charge in [0, 0.05) is 16.7 Å². The van der Waals surface area contributed by atoms with Gasteiger partial charge >= 0.3 is 5.97 Å². The summed E-state index contributed by atoms with van der Waals surface area (Å²) in [5.74, 6) is -0.277. The van der Waals surface area contributed by atoms with E-state index in [1.165, 1.54) is 0 Å². The van der Waals surface area contributed by atoms with Crippen molar-refractivity contribution in [3.63, 3.8) is 0 Å². The van der Waals surface area contributed by atoms with Crippen molar-refractivity contribution < 1.29 is 14.3 Å². The molecule has 0 saturated heterocycles. The Labute approximate surface area is 132 Å². The predicted molar refractivity (Wildman–Crippen MR) is 83.4 cm³/mol. The maximum atomic E-state index is 12.3. The molecule has 1 aromatic heterocycles. The predicted octanol–water partition coefficient (Wildman–Crippen LogP) is 3.33. The molecule has 0 unspecified atom stereocenters. The third kappa shape index (κ3) is 5.12. The first-order chi connectivity index (χ1) is 9.74. The van der Waals surface area contributed by atoms with Gasteiger partial charge in [-0.25, -0.2) is 4.98 Å². The Morgan fingerprint density at radius 3 is 2.67 bits per heavy atom. The van der Waals surface area contributed by atoms with Gasteiger partial charge in [0.1, 0.15) is 17.8 Å². The van der Waals surface area contributed by atoms with Crippen molar-refractivity contribution in [2.75, 3.05) is 5.32 Å². The van der Waals surface area contributed by atoms with Crippen molar-refractivity contribution in [2.45, 2.75) is 51.7 Å². The Balaban J connectivity index is 2.10. The van der Waals surface area contributed by atoms with E-state index in [9.17, 15) is 9.59 Å². The molecule has 0 spiro atoms. The van der Waals surface area contributed by atoms with Crippen LogP contribution >= 0.6 is 15.9 Å². The lowest BCUT2D eigenvalue weighted by atomic mass is 10.1. The van der Waals surface area contributed by atoms with Gasteiger partial charge in [-0.3, -0.25) is 9.59 Å². The van der Waals surface area contributed by atoms with Crippen LogP contribution in [0.3, 0.4) is 0 Å². The smallest absolute Gasteiger partial charge is 0.314 e. The number of esters is 1. The number of rotatable bonds is 5. The number of halogens is 1. The molecule has 1 fully saturated rings. The number of ketones is 1. The van der Waals surface area contributed by atoms with Crippen LogP contribution in [0.15, 0.2) is 16.7 Å². The second-order valence-corrected chi connectivity index (χ2v) is 7.07. The molecule has 1 N–H and O–H groups in total. The number of carbonyl (C=O) groups excluding carboxylic acids is 2. The lowest BCUT2D eigenvalue weighted by molar-refractivity contribution is -0.153. The van der Waals surface area contributed by atoms with Gasteiger partial charge in [-0.15, -0.1) is 0 Å². The summed E-state index contributed by atoms with van der Waals surface area (Å²) in [7, 11) is 0. The van der Waals surface area contributed by atoms with Gasteiger partial charge in [0.15, 0.2) is 5.78 Å². The summed E-state index contributed by atoms with van der Waals surface area (Å²) in [6.45, 7) is 5.32. The fraction of sp³-hybridized carbons (Fsp3) is 0.533. The SMILES string of the molecule is CC(C)(C)OC(=O)CC(=O)c1cc(Br)cnc1NC1CC1. The number of carbonyl (C=O) groups is 2. The topological polar surface area (TPSA) is 68.3 Å². The van der Waals surface area contributed by atoms with E-state index in [1.54, 1.807) is 33.0 Å². The largest absolute Gasteiger partial charge is 0.460 e. The minimum absolute atomic E-state index is 0.283. The molecular formula is C15H19BrN2O3. The highest BCUT2D eigenvalue weighted by Gasteiger charge is 2.26. The third-order valence-corrected chi connectivity index (χ3v) is 3.23. The Bertz CT molecular complexity index is 563. The van der Waals surface area contributed by atoms with Gasteiger partial charge in [-0.05, 0) is 55.6 Å². The number of nitrogens with one attached hydrogen (secondary N) is 1. The molecule has 2 rings (SSSR count). The van der Waals surface area contributed by atoms with Crippen LogP contribution in [-0.4, -0.2) is 28.4 Å². The molecule has 0 bridgehead atoms. The summed E-state index contributed by atoms with van der Waals surface area (Å²) >= 11 is 3.30. The first-order valence-electron chi connectivity index (χ1n) is 6.92. The molecule has 0 amide bonds. The molecule has 1 aliphatic carbocycles. The number of hydrogen-bond donors (Lipinski definition) is 1. The van der Waals surface area contributed by atoms with Crippen LogP contribution in [0, 0.1) is 0 Å². The van der Waals surface area contributed by atoms with Crippen molar-refractivity contribution in [2.24, 2.45) is 0 Å². The molecule has 0 aromatic carbocycles. The van der Waals surface area contributed by atoms with Gasteiger partial charge in [-0.2, -0.15) is 0 Å². The van der Waals surface area contributed by atoms with Crippen molar-refractivity contribution in [3.8, 4) is 0 Å². The van der Waals surface area contributed by atoms with E-state index in [-0.39, 0.29) is 12.2 Å². The number of aromatic nitrogens is 1. The highest BCUT2D eigenvalue weighted by Crippen LogP contribution is 2.27. The van der Waals surface area contributed by atoms with Crippen molar-refractivity contribution in [3.05, 3.63) is 22.3 Å². The summed E-state index contributed by atoms with van der Waals surface area (Å²) < 4.78 is 5.89.